The number of thiophene rings is 1. The molecular weight excluding hydrogens is 244 g/mol. The van der Waals surface area contributed by atoms with E-state index >= 15 is 0 Å². The maximum Gasteiger partial charge on any atom is 0.0565 e. The lowest BCUT2D eigenvalue weighted by Gasteiger charge is -2.26. The van der Waals surface area contributed by atoms with Crippen molar-refractivity contribution in [2.75, 3.05) is 12.0 Å². The summed E-state index contributed by atoms with van der Waals surface area (Å²) in [7, 11) is 0. The summed E-state index contributed by atoms with van der Waals surface area (Å²) in [4.78, 5) is 8.36. The number of hydrazine groups is 1. The molecule has 0 unspecified atom stereocenters. The number of nitrogens with one attached hydrogen (secondary N) is 1. The molecular formula is C13H16N4S. The van der Waals surface area contributed by atoms with Crippen LogP contribution in [0, 0.1) is 0 Å². The highest BCUT2D eigenvalue weighted by Crippen LogP contribution is 2.24. The SMILES string of the molecule is NNc1ccnc(CN2CCc3sccc3C2)c1. The number of hydrogen-bond donors (Lipinski definition) is 2. The molecule has 0 aliphatic carbocycles. The highest BCUT2D eigenvalue weighted by molar-refractivity contribution is 7.10. The van der Waals surface area contributed by atoms with Crippen LogP contribution in [0.4, 0.5) is 5.69 Å². The first-order valence-corrected chi connectivity index (χ1v) is 6.92. The van der Waals surface area contributed by atoms with Gasteiger partial charge < -0.3 is 5.43 Å². The second kappa shape index (κ2) is 5.06. The van der Waals surface area contributed by atoms with Crippen molar-refractivity contribution in [3.8, 4) is 0 Å². The molecule has 0 spiro atoms. The monoisotopic (exact) mass is 260 g/mol. The molecule has 18 heavy (non-hydrogen) atoms. The van der Waals surface area contributed by atoms with Gasteiger partial charge in [-0.2, -0.15) is 0 Å². The summed E-state index contributed by atoms with van der Waals surface area (Å²) in [6.45, 7) is 3.01. The summed E-state index contributed by atoms with van der Waals surface area (Å²) in [5, 5.41) is 2.19. The minimum absolute atomic E-state index is 0.880. The maximum atomic E-state index is 5.41. The molecule has 94 valence electrons. The lowest BCUT2D eigenvalue weighted by Crippen LogP contribution is -2.29. The Kier molecular flexibility index (Phi) is 3.27. The second-order valence-electron chi connectivity index (χ2n) is 4.51. The van der Waals surface area contributed by atoms with Crippen LogP contribution in [0.1, 0.15) is 16.1 Å². The zero-order chi connectivity index (χ0) is 12.4. The largest absolute Gasteiger partial charge is 0.324 e. The molecule has 0 saturated heterocycles. The quantitative estimate of drug-likeness (QED) is 0.654. The predicted molar refractivity (Wildman–Crippen MR) is 74.2 cm³/mol. The van der Waals surface area contributed by atoms with Crippen LogP contribution in [0.3, 0.4) is 0 Å². The van der Waals surface area contributed by atoms with E-state index in [1.165, 1.54) is 10.4 Å². The van der Waals surface area contributed by atoms with E-state index in [-0.39, 0.29) is 0 Å². The van der Waals surface area contributed by atoms with Gasteiger partial charge in [0.1, 0.15) is 0 Å². The first-order chi connectivity index (χ1) is 8.85. The van der Waals surface area contributed by atoms with Gasteiger partial charge in [-0.05, 0) is 35.6 Å². The Bertz CT molecular complexity index is 537. The fourth-order valence-electron chi connectivity index (χ4n) is 2.33. The number of nitrogens with two attached hydrogens (primary N) is 1. The molecule has 0 saturated carbocycles. The Morgan fingerprint density at radius 1 is 1.44 bits per heavy atom. The van der Waals surface area contributed by atoms with Crippen molar-refractivity contribution in [3.63, 3.8) is 0 Å². The molecule has 0 atom stereocenters. The van der Waals surface area contributed by atoms with E-state index in [1.54, 1.807) is 6.20 Å². The summed E-state index contributed by atoms with van der Waals surface area (Å²) in [5.41, 5.74) is 6.10. The van der Waals surface area contributed by atoms with Gasteiger partial charge in [-0.15, -0.1) is 11.3 Å². The van der Waals surface area contributed by atoms with E-state index < -0.39 is 0 Å². The number of aromatic nitrogens is 1. The molecule has 0 amide bonds. The van der Waals surface area contributed by atoms with E-state index in [0.29, 0.717) is 0 Å². The van der Waals surface area contributed by atoms with Crippen molar-refractivity contribution in [2.45, 2.75) is 19.5 Å². The van der Waals surface area contributed by atoms with Crippen LogP contribution < -0.4 is 11.3 Å². The average molecular weight is 260 g/mol. The van der Waals surface area contributed by atoms with Crippen molar-refractivity contribution < 1.29 is 0 Å². The van der Waals surface area contributed by atoms with Crippen molar-refractivity contribution >= 4 is 17.0 Å². The number of rotatable bonds is 3. The average Bonchev–Trinajstić information content (AvgIpc) is 2.86. The van der Waals surface area contributed by atoms with Crippen molar-refractivity contribution in [3.05, 3.63) is 45.9 Å². The summed E-state index contributed by atoms with van der Waals surface area (Å²) in [5.74, 6) is 5.41. The molecule has 0 radical (unpaired) electrons. The fraction of sp³-hybridized carbons (Fsp3) is 0.308. The van der Waals surface area contributed by atoms with Crippen molar-refractivity contribution in [1.82, 2.24) is 9.88 Å². The van der Waals surface area contributed by atoms with Crippen LogP contribution in [-0.4, -0.2) is 16.4 Å². The molecule has 1 aliphatic heterocycles. The molecule has 0 aromatic carbocycles. The third kappa shape index (κ3) is 2.38. The van der Waals surface area contributed by atoms with Crippen LogP contribution in [0.2, 0.25) is 0 Å². The Morgan fingerprint density at radius 2 is 2.39 bits per heavy atom. The topological polar surface area (TPSA) is 54.2 Å². The van der Waals surface area contributed by atoms with Gasteiger partial charge in [0.15, 0.2) is 0 Å². The number of anilines is 1. The van der Waals surface area contributed by atoms with E-state index in [9.17, 15) is 0 Å². The molecule has 0 fully saturated rings. The zero-order valence-corrected chi connectivity index (χ0v) is 10.9. The Balaban J connectivity index is 1.70. The Morgan fingerprint density at radius 3 is 3.28 bits per heavy atom. The number of nitrogen functional groups attached to an aromatic ring is 1. The van der Waals surface area contributed by atoms with E-state index in [0.717, 1.165) is 37.4 Å². The number of pyridine rings is 1. The van der Waals surface area contributed by atoms with Crippen molar-refractivity contribution in [1.29, 1.82) is 0 Å². The first kappa shape index (κ1) is 11.6. The van der Waals surface area contributed by atoms with Gasteiger partial charge in [-0.3, -0.25) is 15.7 Å². The minimum Gasteiger partial charge on any atom is -0.324 e. The number of nitrogens with zero attached hydrogens (tertiary/aromatic N) is 2. The second-order valence-corrected chi connectivity index (χ2v) is 5.51. The Hall–Kier alpha value is -1.43. The summed E-state index contributed by atoms with van der Waals surface area (Å²) < 4.78 is 0. The lowest BCUT2D eigenvalue weighted by molar-refractivity contribution is 0.244. The van der Waals surface area contributed by atoms with Gasteiger partial charge in [0, 0.05) is 30.7 Å². The van der Waals surface area contributed by atoms with Gasteiger partial charge in [0.25, 0.3) is 0 Å². The molecule has 2 aromatic rings. The maximum absolute atomic E-state index is 5.41. The van der Waals surface area contributed by atoms with Gasteiger partial charge in [0.2, 0.25) is 0 Å². The predicted octanol–water partition coefficient (Wildman–Crippen LogP) is 1.99. The van der Waals surface area contributed by atoms with E-state index in [1.807, 2.05) is 23.5 Å². The number of hydrogen-bond acceptors (Lipinski definition) is 5. The van der Waals surface area contributed by atoms with E-state index in [4.69, 9.17) is 5.84 Å². The summed E-state index contributed by atoms with van der Waals surface area (Å²) >= 11 is 1.87. The third-order valence-electron chi connectivity index (χ3n) is 3.26. The van der Waals surface area contributed by atoms with Gasteiger partial charge in [-0.25, -0.2) is 0 Å². The molecule has 3 heterocycles. The fourth-order valence-corrected chi connectivity index (χ4v) is 3.22. The highest BCUT2D eigenvalue weighted by atomic mass is 32.1. The highest BCUT2D eigenvalue weighted by Gasteiger charge is 2.17. The molecule has 4 nitrogen and oxygen atoms in total. The summed E-state index contributed by atoms with van der Waals surface area (Å²) in [6.07, 6.45) is 2.95. The third-order valence-corrected chi connectivity index (χ3v) is 4.28. The van der Waals surface area contributed by atoms with Crippen molar-refractivity contribution in [2.24, 2.45) is 5.84 Å². The minimum atomic E-state index is 0.880. The van der Waals surface area contributed by atoms with E-state index in [2.05, 4.69) is 26.8 Å². The van der Waals surface area contributed by atoms with Crippen LogP contribution in [-0.2, 0) is 19.5 Å². The Labute approximate surface area is 110 Å². The van der Waals surface area contributed by atoms with Gasteiger partial charge >= 0.3 is 0 Å². The number of fused-ring (bicyclic) bond motifs is 1. The lowest BCUT2D eigenvalue weighted by atomic mass is 10.1. The van der Waals surface area contributed by atoms with Crippen LogP contribution in [0.15, 0.2) is 29.8 Å². The molecule has 5 heteroatoms. The standard InChI is InChI=1S/C13H16N4S/c14-16-11-1-4-15-12(7-11)9-17-5-2-13-10(8-17)3-6-18-13/h1,3-4,6-7H,2,5,8-9,14H2,(H,15,16). The van der Waals surface area contributed by atoms with Crippen LogP contribution in [0.5, 0.6) is 0 Å². The zero-order valence-electron chi connectivity index (χ0n) is 10.1. The molecule has 0 bridgehead atoms. The molecule has 3 rings (SSSR count). The molecule has 1 aliphatic rings. The smallest absolute Gasteiger partial charge is 0.0565 e. The molecule has 3 N–H and O–H groups in total. The molecule has 2 aromatic heterocycles. The van der Waals surface area contributed by atoms with Crippen LogP contribution in [0.25, 0.3) is 0 Å². The normalized spacial score (nSPS) is 15.4. The van der Waals surface area contributed by atoms with Crippen LogP contribution >= 0.6 is 11.3 Å². The van der Waals surface area contributed by atoms with Gasteiger partial charge in [0.05, 0.1) is 11.4 Å². The first-order valence-electron chi connectivity index (χ1n) is 6.04. The van der Waals surface area contributed by atoms with Gasteiger partial charge in [-0.1, -0.05) is 0 Å². The summed E-state index contributed by atoms with van der Waals surface area (Å²) in [6, 6.07) is 6.11.